The molecule has 1 atom stereocenters. The monoisotopic (exact) mass is 228 g/mol. The number of rotatable bonds is 6. The predicted molar refractivity (Wildman–Crippen MR) is 65.7 cm³/mol. The number of nitrogen functional groups attached to an aromatic ring is 1. The van der Waals surface area contributed by atoms with Gasteiger partial charge in [-0.25, -0.2) is 10.8 Å². The average Bonchev–Trinajstić information content (AvgIpc) is 2.65. The normalized spacial score (nSPS) is 13.1. The van der Waals surface area contributed by atoms with Crippen LogP contribution in [0.25, 0.3) is 0 Å². The van der Waals surface area contributed by atoms with Crippen LogP contribution in [-0.4, -0.2) is 23.5 Å². The van der Waals surface area contributed by atoms with Crippen LogP contribution in [0.1, 0.15) is 25.1 Å². The van der Waals surface area contributed by atoms with Crippen molar-refractivity contribution in [3.05, 3.63) is 11.1 Å². The summed E-state index contributed by atoms with van der Waals surface area (Å²) in [5, 5.41) is 0.780. The van der Waals surface area contributed by atoms with Crippen LogP contribution in [0.15, 0.2) is 6.20 Å². The quantitative estimate of drug-likeness (QED) is 0.577. The maximum Gasteiger partial charge on any atom is 0.197 e. The molecule has 4 nitrogen and oxygen atoms in total. The fraction of sp³-hybridized carbons (Fsp3) is 0.700. The Labute approximate surface area is 95.5 Å². The van der Waals surface area contributed by atoms with Crippen LogP contribution in [0.5, 0.6) is 0 Å². The minimum Gasteiger partial charge on any atom is -0.301 e. The molecule has 0 amide bonds. The Balaban J connectivity index is 2.40. The number of hydrazine groups is 1. The van der Waals surface area contributed by atoms with Crippen molar-refractivity contribution in [2.24, 2.45) is 11.8 Å². The van der Waals surface area contributed by atoms with Gasteiger partial charge in [0.2, 0.25) is 0 Å². The van der Waals surface area contributed by atoms with Crippen molar-refractivity contribution in [2.75, 3.05) is 19.0 Å². The third-order valence-electron chi connectivity index (χ3n) is 2.42. The van der Waals surface area contributed by atoms with Crippen LogP contribution in [0.2, 0.25) is 0 Å². The lowest BCUT2D eigenvalue weighted by molar-refractivity contribution is 0.277. The fourth-order valence-electron chi connectivity index (χ4n) is 1.44. The minimum absolute atomic E-state index is 0.745. The van der Waals surface area contributed by atoms with Gasteiger partial charge in [-0.15, -0.1) is 0 Å². The zero-order chi connectivity index (χ0) is 11.3. The van der Waals surface area contributed by atoms with E-state index in [2.05, 4.69) is 36.2 Å². The Morgan fingerprint density at radius 2 is 2.40 bits per heavy atom. The lowest BCUT2D eigenvalue weighted by Crippen LogP contribution is -2.23. The van der Waals surface area contributed by atoms with E-state index in [1.807, 2.05) is 6.20 Å². The first kappa shape index (κ1) is 12.4. The highest BCUT2D eigenvalue weighted by molar-refractivity contribution is 7.15. The second-order valence-electron chi connectivity index (χ2n) is 3.99. The van der Waals surface area contributed by atoms with Crippen LogP contribution < -0.4 is 11.3 Å². The summed E-state index contributed by atoms with van der Waals surface area (Å²) in [6.45, 7) is 6.57. The van der Waals surface area contributed by atoms with Gasteiger partial charge in [-0.1, -0.05) is 31.6 Å². The number of aromatic nitrogens is 1. The first-order valence-electron chi connectivity index (χ1n) is 5.25. The van der Waals surface area contributed by atoms with E-state index >= 15 is 0 Å². The molecule has 1 aromatic rings. The molecule has 0 fully saturated rings. The summed E-state index contributed by atoms with van der Waals surface area (Å²) in [6, 6.07) is 0. The lowest BCUT2D eigenvalue weighted by Gasteiger charge is -2.19. The molecule has 0 spiro atoms. The van der Waals surface area contributed by atoms with E-state index in [0.717, 1.165) is 24.1 Å². The molecule has 5 heteroatoms. The molecule has 1 rings (SSSR count). The van der Waals surface area contributed by atoms with Gasteiger partial charge >= 0.3 is 0 Å². The van der Waals surface area contributed by atoms with Gasteiger partial charge in [0.05, 0.1) is 0 Å². The van der Waals surface area contributed by atoms with Crippen molar-refractivity contribution in [3.8, 4) is 0 Å². The van der Waals surface area contributed by atoms with Gasteiger partial charge < -0.3 is 4.90 Å². The molecule has 86 valence electrons. The van der Waals surface area contributed by atoms with Crippen LogP contribution >= 0.6 is 11.3 Å². The average molecular weight is 228 g/mol. The minimum atomic E-state index is 0.745. The number of anilines is 1. The molecule has 3 N–H and O–H groups in total. The molecular weight excluding hydrogens is 208 g/mol. The van der Waals surface area contributed by atoms with E-state index in [0.29, 0.717) is 0 Å². The van der Waals surface area contributed by atoms with Gasteiger partial charge in [0.25, 0.3) is 0 Å². The van der Waals surface area contributed by atoms with Crippen molar-refractivity contribution in [1.82, 2.24) is 9.88 Å². The topological polar surface area (TPSA) is 54.2 Å². The second kappa shape index (κ2) is 6.05. The Morgan fingerprint density at radius 1 is 1.67 bits per heavy atom. The number of nitrogens with one attached hydrogen (secondary N) is 1. The molecule has 0 saturated carbocycles. The second-order valence-corrected chi connectivity index (χ2v) is 5.10. The molecular formula is C10H20N4S. The summed E-state index contributed by atoms with van der Waals surface area (Å²) in [6.07, 6.45) is 3.11. The van der Waals surface area contributed by atoms with E-state index in [9.17, 15) is 0 Å². The number of nitrogens with zero attached hydrogens (tertiary/aromatic N) is 2. The van der Waals surface area contributed by atoms with Crippen molar-refractivity contribution in [3.63, 3.8) is 0 Å². The van der Waals surface area contributed by atoms with Gasteiger partial charge in [-0.3, -0.25) is 5.43 Å². The SMILES string of the molecule is CCC(C)CN(C)Cc1cnc(NN)s1. The summed E-state index contributed by atoms with van der Waals surface area (Å²) in [5.74, 6) is 6.03. The lowest BCUT2D eigenvalue weighted by atomic mass is 10.1. The third kappa shape index (κ3) is 4.15. The summed E-state index contributed by atoms with van der Waals surface area (Å²) in [5.41, 5.74) is 2.56. The van der Waals surface area contributed by atoms with Crippen molar-refractivity contribution in [1.29, 1.82) is 0 Å². The van der Waals surface area contributed by atoms with Crippen molar-refractivity contribution < 1.29 is 0 Å². The first-order chi connectivity index (χ1) is 7.15. The number of hydrogen-bond donors (Lipinski definition) is 2. The van der Waals surface area contributed by atoms with E-state index in [4.69, 9.17) is 5.84 Å². The molecule has 1 unspecified atom stereocenters. The summed E-state index contributed by atoms with van der Waals surface area (Å²) in [4.78, 5) is 7.71. The Kier molecular flexibility index (Phi) is 5.01. The maximum atomic E-state index is 5.28. The number of thiazole rings is 1. The highest BCUT2D eigenvalue weighted by Crippen LogP contribution is 2.18. The largest absolute Gasteiger partial charge is 0.301 e. The van der Waals surface area contributed by atoms with Crippen LogP contribution in [0.3, 0.4) is 0 Å². The Hall–Kier alpha value is -0.650. The number of hydrogen-bond acceptors (Lipinski definition) is 5. The van der Waals surface area contributed by atoms with Crippen molar-refractivity contribution >= 4 is 16.5 Å². The molecule has 15 heavy (non-hydrogen) atoms. The van der Waals surface area contributed by atoms with Gasteiger partial charge in [0.15, 0.2) is 5.13 Å². The molecule has 0 saturated heterocycles. The summed E-state index contributed by atoms with van der Waals surface area (Å²) in [7, 11) is 2.14. The highest BCUT2D eigenvalue weighted by atomic mass is 32.1. The highest BCUT2D eigenvalue weighted by Gasteiger charge is 2.07. The van der Waals surface area contributed by atoms with E-state index < -0.39 is 0 Å². The van der Waals surface area contributed by atoms with Crippen molar-refractivity contribution in [2.45, 2.75) is 26.8 Å². The van der Waals surface area contributed by atoms with E-state index in [-0.39, 0.29) is 0 Å². The first-order valence-corrected chi connectivity index (χ1v) is 6.07. The smallest absolute Gasteiger partial charge is 0.197 e. The number of nitrogens with two attached hydrogens (primary N) is 1. The van der Waals surface area contributed by atoms with Crippen LogP contribution in [0.4, 0.5) is 5.13 Å². The van der Waals surface area contributed by atoms with Gasteiger partial charge in [0.1, 0.15) is 0 Å². The van der Waals surface area contributed by atoms with Gasteiger partial charge in [0, 0.05) is 24.2 Å². The van der Waals surface area contributed by atoms with Gasteiger partial charge in [-0.05, 0) is 13.0 Å². The molecule has 0 aromatic carbocycles. The van der Waals surface area contributed by atoms with E-state index in [1.165, 1.54) is 11.3 Å². The maximum absolute atomic E-state index is 5.28. The fourth-order valence-corrected chi connectivity index (χ4v) is 2.24. The summed E-state index contributed by atoms with van der Waals surface area (Å²) < 4.78 is 0. The standard InChI is InChI=1S/C10H20N4S/c1-4-8(2)6-14(3)7-9-5-12-10(13-11)15-9/h5,8H,4,6-7,11H2,1-3H3,(H,12,13). The summed E-state index contributed by atoms with van der Waals surface area (Å²) >= 11 is 1.61. The Morgan fingerprint density at radius 3 is 2.93 bits per heavy atom. The molecule has 0 aliphatic rings. The zero-order valence-electron chi connectivity index (χ0n) is 9.66. The van der Waals surface area contributed by atoms with Gasteiger partial charge in [-0.2, -0.15) is 0 Å². The van der Waals surface area contributed by atoms with E-state index in [1.54, 1.807) is 11.3 Å². The van der Waals surface area contributed by atoms with Crippen LogP contribution in [-0.2, 0) is 6.54 Å². The third-order valence-corrected chi connectivity index (χ3v) is 3.34. The zero-order valence-corrected chi connectivity index (χ0v) is 10.5. The molecule has 0 aliphatic heterocycles. The molecule has 0 radical (unpaired) electrons. The molecule has 0 aliphatic carbocycles. The molecule has 1 heterocycles. The predicted octanol–water partition coefficient (Wildman–Crippen LogP) is 1.91. The van der Waals surface area contributed by atoms with Crippen LogP contribution in [0, 0.1) is 5.92 Å². The molecule has 0 bridgehead atoms. The molecule has 1 aromatic heterocycles. The Bertz CT molecular complexity index is 287.